The van der Waals surface area contributed by atoms with Crippen molar-refractivity contribution in [3.05, 3.63) is 47.4 Å². The molecule has 160 valence electrons. The van der Waals surface area contributed by atoms with E-state index in [-0.39, 0.29) is 40.2 Å². The molecule has 0 aromatic heterocycles. The summed E-state index contributed by atoms with van der Waals surface area (Å²) in [5.41, 5.74) is 1.19. The minimum atomic E-state index is -0.395. The molecular weight excluding hydrogens is 381 g/mol. The number of benzene rings is 1. The number of hydrogen-bond donors (Lipinski definition) is 1. The molecule has 5 rings (SSSR count). The molecule has 3 fully saturated rings. The molecule has 0 spiro atoms. The van der Waals surface area contributed by atoms with Crippen molar-refractivity contribution in [3.8, 4) is 0 Å². The summed E-state index contributed by atoms with van der Waals surface area (Å²) in [7, 11) is 0. The summed E-state index contributed by atoms with van der Waals surface area (Å²) in [6, 6.07) is 6.28. The lowest BCUT2D eigenvalue weighted by atomic mass is 9.49. The Bertz CT molecular complexity index is 925. The molecule has 1 saturated heterocycles. The van der Waals surface area contributed by atoms with E-state index >= 15 is 0 Å². The van der Waals surface area contributed by atoms with Gasteiger partial charge in [0.1, 0.15) is 11.6 Å². The van der Waals surface area contributed by atoms with Crippen LogP contribution in [0.25, 0.3) is 0 Å². The number of likely N-dealkylation sites (tertiary alicyclic amines) is 1. The van der Waals surface area contributed by atoms with Crippen LogP contribution in [-0.4, -0.2) is 27.8 Å². The highest BCUT2D eigenvalue weighted by atomic mass is 19.1. The number of piperidine rings is 1. The van der Waals surface area contributed by atoms with Gasteiger partial charge in [-0.25, -0.2) is 4.39 Å². The zero-order valence-electron chi connectivity index (χ0n) is 17.7. The predicted octanol–water partition coefficient (Wildman–Crippen LogP) is 4.22. The second-order valence-electron chi connectivity index (χ2n) is 10.3. The van der Waals surface area contributed by atoms with Crippen LogP contribution in [0.5, 0.6) is 0 Å². The first-order chi connectivity index (χ1) is 14.2. The van der Waals surface area contributed by atoms with Crippen molar-refractivity contribution in [2.75, 3.05) is 0 Å². The average molecular weight is 412 g/mol. The second-order valence-corrected chi connectivity index (χ2v) is 10.3. The minimum Gasteiger partial charge on any atom is -0.393 e. The van der Waals surface area contributed by atoms with Crippen LogP contribution in [-0.2, 0) is 16.1 Å². The summed E-state index contributed by atoms with van der Waals surface area (Å²) < 4.78 is 13.3. The van der Waals surface area contributed by atoms with E-state index in [0.717, 1.165) is 30.5 Å². The third-order valence-electron chi connectivity index (χ3n) is 8.77. The third kappa shape index (κ3) is 2.74. The number of allylic oxidation sites excluding steroid dienone is 2. The summed E-state index contributed by atoms with van der Waals surface area (Å²) in [6.45, 7) is 4.66. The van der Waals surface area contributed by atoms with Gasteiger partial charge in [-0.15, -0.1) is 0 Å². The molecule has 1 amide bonds. The molecule has 30 heavy (non-hydrogen) atoms. The van der Waals surface area contributed by atoms with E-state index < -0.39 is 6.10 Å². The van der Waals surface area contributed by atoms with Crippen LogP contribution in [0.4, 0.5) is 4.39 Å². The van der Waals surface area contributed by atoms with Gasteiger partial charge < -0.3 is 10.0 Å². The Labute approximate surface area is 177 Å². The zero-order valence-corrected chi connectivity index (χ0v) is 17.7. The largest absolute Gasteiger partial charge is 0.393 e. The van der Waals surface area contributed by atoms with E-state index in [1.165, 1.54) is 12.1 Å². The van der Waals surface area contributed by atoms with Crippen LogP contribution in [0.3, 0.4) is 0 Å². The highest BCUT2D eigenvalue weighted by Gasteiger charge is 2.62. The predicted molar refractivity (Wildman–Crippen MR) is 110 cm³/mol. The number of halogens is 1. The number of rotatable bonds is 2. The summed E-state index contributed by atoms with van der Waals surface area (Å²) in [6.07, 6.45) is 5.88. The molecule has 1 aliphatic heterocycles. The molecule has 4 aliphatic rings. The lowest BCUT2D eigenvalue weighted by Crippen LogP contribution is -2.57. The summed E-state index contributed by atoms with van der Waals surface area (Å²) in [5.74, 6) is 0.540. The zero-order chi connectivity index (χ0) is 21.3. The van der Waals surface area contributed by atoms with Gasteiger partial charge in [0, 0.05) is 35.3 Å². The first kappa shape index (κ1) is 19.9. The van der Waals surface area contributed by atoms with Crippen LogP contribution < -0.4 is 0 Å². The van der Waals surface area contributed by atoms with Crippen molar-refractivity contribution in [1.82, 2.24) is 4.90 Å². The van der Waals surface area contributed by atoms with Gasteiger partial charge in [-0.2, -0.15) is 0 Å². The first-order valence-electron chi connectivity index (χ1n) is 11.2. The van der Waals surface area contributed by atoms with Gasteiger partial charge >= 0.3 is 0 Å². The Morgan fingerprint density at radius 1 is 1.17 bits per heavy atom. The highest BCUT2D eigenvalue weighted by Crippen LogP contribution is 2.63. The highest BCUT2D eigenvalue weighted by molar-refractivity contribution is 5.87. The molecule has 1 N–H and O–H groups in total. The Hall–Kier alpha value is -2.01. The summed E-state index contributed by atoms with van der Waals surface area (Å²) >= 11 is 0. The number of carbonyl (C=O) groups excluding carboxylic acids is 2. The van der Waals surface area contributed by atoms with Gasteiger partial charge in [-0.3, -0.25) is 9.59 Å². The van der Waals surface area contributed by atoms with Crippen LogP contribution in [0.1, 0.15) is 57.9 Å². The fourth-order valence-electron chi connectivity index (χ4n) is 7.20. The van der Waals surface area contributed by atoms with Crippen molar-refractivity contribution < 1.29 is 19.1 Å². The Balaban J connectivity index is 1.51. The maximum atomic E-state index is 13.5. The van der Waals surface area contributed by atoms with E-state index in [1.54, 1.807) is 12.1 Å². The first-order valence-corrected chi connectivity index (χ1v) is 11.2. The van der Waals surface area contributed by atoms with Gasteiger partial charge in [0.2, 0.25) is 5.91 Å². The Morgan fingerprint density at radius 3 is 2.63 bits per heavy atom. The third-order valence-corrected chi connectivity index (χ3v) is 8.77. The van der Waals surface area contributed by atoms with Crippen LogP contribution in [0.15, 0.2) is 36.0 Å². The van der Waals surface area contributed by atoms with Crippen molar-refractivity contribution in [2.24, 2.45) is 28.6 Å². The van der Waals surface area contributed by atoms with E-state index in [1.807, 2.05) is 4.90 Å². The number of aliphatic hydroxyl groups excluding tert-OH is 1. The van der Waals surface area contributed by atoms with Crippen LogP contribution >= 0.6 is 0 Å². The van der Waals surface area contributed by atoms with Crippen molar-refractivity contribution in [1.29, 1.82) is 0 Å². The van der Waals surface area contributed by atoms with E-state index in [2.05, 4.69) is 19.9 Å². The fourth-order valence-corrected chi connectivity index (χ4v) is 7.20. The number of hydrogen-bond acceptors (Lipinski definition) is 3. The van der Waals surface area contributed by atoms with Gasteiger partial charge in [-0.05, 0) is 55.2 Å². The molecular formula is C25H30FNO3. The second kappa shape index (κ2) is 6.74. The molecule has 6 atom stereocenters. The van der Waals surface area contributed by atoms with Crippen LogP contribution in [0.2, 0.25) is 0 Å². The normalized spacial score (nSPS) is 40.5. The molecule has 4 unspecified atom stereocenters. The topological polar surface area (TPSA) is 57.6 Å². The fraction of sp³-hybridized carbons (Fsp3) is 0.600. The molecule has 3 aliphatic carbocycles. The molecule has 1 heterocycles. The quantitative estimate of drug-likeness (QED) is 0.793. The molecule has 2 saturated carbocycles. The van der Waals surface area contributed by atoms with Gasteiger partial charge in [0.15, 0.2) is 0 Å². The molecule has 0 bridgehead atoms. The maximum absolute atomic E-state index is 13.5. The number of amides is 1. The summed E-state index contributed by atoms with van der Waals surface area (Å²) in [4.78, 5) is 28.2. The molecule has 0 radical (unpaired) electrons. The van der Waals surface area contributed by atoms with E-state index in [0.29, 0.717) is 31.7 Å². The Kier molecular flexibility index (Phi) is 4.48. The van der Waals surface area contributed by atoms with Crippen molar-refractivity contribution >= 4 is 11.7 Å². The standard InChI is InChI=1S/C25H30FNO3/c1-24-12-11-22(30)27(14-15-3-5-16(26)6-4-15)20(24)9-7-17-18-8-10-21(29)25(18,2)13-19(28)23(17)24/h3-6,9,17-18,21,23,29H,7-8,10-14H2,1-2H3/t17-,18?,21?,23+,24?,25?/m0/s1. The Morgan fingerprint density at radius 2 is 1.90 bits per heavy atom. The number of fused-ring (bicyclic) bond motifs is 5. The lowest BCUT2D eigenvalue weighted by molar-refractivity contribution is -0.152. The minimum absolute atomic E-state index is 0.0749. The number of ketones is 1. The number of aliphatic hydroxyl groups is 1. The monoisotopic (exact) mass is 411 g/mol. The van der Waals surface area contributed by atoms with Gasteiger partial charge in [0.05, 0.1) is 12.6 Å². The average Bonchev–Trinajstić information content (AvgIpc) is 3.00. The van der Waals surface area contributed by atoms with E-state index in [9.17, 15) is 19.1 Å². The van der Waals surface area contributed by atoms with Crippen LogP contribution in [0, 0.1) is 34.4 Å². The molecule has 1 aromatic rings. The number of carbonyl (C=O) groups is 2. The van der Waals surface area contributed by atoms with Crippen molar-refractivity contribution in [2.45, 2.75) is 65.0 Å². The summed E-state index contributed by atoms with van der Waals surface area (Å²) in [5, 5.41) is 10.6. The maximum Gasteiger partial charge on any atom is 0.227 e. The molecule has 4 nitrogen and oxygen atoms in total. The lowest BCUT2D eigenvalue weighted by Gasteiger charge is -2.57. The smallest absolute Gasteiger partial charge is 0.227 e. The van der Waals surface area contributed by atoms with Crippen molar-refractivity contribution in [3.63, 3.8) is 0 Å². The van der Waals surface area contributed by atoms with Gasteiger partial charge in [-0.1, -0.05) is 32.1 Å². The molecule has 1 aromatic carbocycles. The van der Waals surface area contributed by atoms with E-state index in [4.69, 9.17) is 0 Å². The number of nitrogens with zero attached hydrogens (tertiary/aromatic N) is 1. The molecule has 5 heteroatoms. The number of Topliss-reactive ketones (excluding diaryl/α,β-unsaturated/α-hetero) is 1. The SMILES string of the molecule is CC12CC(=O)[C@H]3[C@@H](CC=C4N(Cc5ccc(F)cc5)C(=O)CCC43C)C1CCC2O. The van der Waals surface area contributed by atoms with Gasteiger partial charge in [0.25, 0.3) is 0 Å².